The second-order valence-electron chi connectivity index (χ2n) is 5.15. The lowest BCUT2D eigenvalue weighted by molar-refractivity contribution is 0.233. The molecule has 1 aromatic carbocycles. The third-order valence-electron chi connectivity index (χ3n) is 3.60. The first-order valence-electron chi connectivity index (χ1n) is 6.75. The number of hydrogen-bond donors (Lipinski definition) is 2. The van der Waals surface area contributed by atoms with E-state index >= 15 is 0 Å². The molecule has 20 heavy (non-hydrogen) atoms. The predicted molar refractivity (Wildman–Crippen MR) is 75.2 cm³/mol. The zero-order valence-electron chi connectivity index (χ0n) is 11.4. The Hall–Kier alpha value is -1.79. The highest BCUT2D eigenvalue weighted by Crippen LogP contribution is 2.17. The molecule has 0 saturated carbocycles. The highest BCUT2D eigenvalue weighted by Gasteiger charge is 2.13. The van der Waals surface area contributed by atoms with Gasteiger partial charge in [0.15, 0.2) is 5.82 Å². The largest absolute Gasteiger partial charge is 0.319 e. The van der Waals surface area contributed by atoms with Gasteiger partial charge in [-0.25, -0.2) is 9.37 Å². The van der Waals surface area contributed by atoms with E-state index in [2.05, 4.69) is 20.2 Å². The quantitative estimate of drug-likeness (QED) is 0.851. The Morgan fingerprint density at radius 3 is 2.85 bits per heavy atom. The molecule has 2 heterocycles. The molecule has 0 unspecified atom stereocenters. The number of aromatic nitrogens is 2. The van der Waals surface area contributed by atoms with Crippen molar-refractivity contribution in [3.05, 3.63) is 39.6 Å². The summed E-state index contributed by atoms with van der Waals surface area (Å²) in [6.07, 6.45) is 0. The van der Waals surface area contributed by atoms with Crippen molar-refractivity contribution in [2.45, 2.75) is 13.5 Å². The second kappa shape index (κ2) is 5.30. The second-order valence-corrected chi connectivity index (χ2v) is 5.15. The molecule has 0 aliphatic carbocycles. The summed E-state index contributed by atoms with van der Waals surface area (Å²) >= 11 is 0. The molecule has 2 aromatic rings. The van der Waals surface area contributed by atoms with Crippen molar-refractivity contribution in [3.8, 4) is 0 Å². The molecule has 0 amide bonds. The summed E-state index contributed by atoms with van der Waals surface area (Å²) in [5, 5.41) is 3.28. The summed E-state index contributed by atoms with van der Waals surface area (Å²) in [5.41, 5.74) is 1.57. The summed E-state index contributed by atoms with van der Waals surface area (Å²) in [4.78, 5) is 20.6. The Kier molecular flexibility index (Phi) is 3.50. The summed E-state index contributed by atoms with van der Waals surface area (Å²) < 4.78 is 14.1. The van der Waals surface area contributed by atoms with E-state index in [4.69, 9.17) is 0 Å². The Morgan fingerprint density at radius 1 is 1.35 bits per heavy atom. The zero-order valence-corrected chi connectivity index (χ0v) is 11.4. The number of aromatic amines is 1. The molecule has 1 saturated heterocycles. The predicted octanol–water partition coefficient (Wildman–Crippen LogP) is 0.776. The van der Waals surface area contributed by atoms with E-state index in [0.29, 0.717) is 12.1 Å². The first-order valence-corrected chi connectivity index (χ1v) is 6.75. The number of aryl methyl sites for hydroxylation is 1. The minimum absolute atomic E-state index is 0.228. The normalized spacial score (nSPS) is 16.7. The molecule has 0 radical (unpaired) electrons. The molecule has 1 aliphatic heterocycles. The topological polar surface area (TPSA) is 61.0 Å². The van der Waals surface area contributed by atoms with Crippen LogP contribution in [0.15, 0.2) is 16.9 Å². The number of rotatable bonds is 2. The number of piperazine rings is 1. The summed E-state index contributed by atoms with van der Waals surface area (Å²) in [5.74, 6) is -0.382. The van der Waals surface area contributed by atoms with E-state index in [-0.39, 0.29) is 22.6 Å². The van der Waals surface area contributed by atoms with Gasteiger partial charge in [-0.2, -0.15) is 0 Å². The Morgan fingerprint density at radius 2 is 2.10 bits per heavy atom. The molecule has 5 nitrogen and oxygen atoms in total. The van der Waals surface area contributed by atoms with Crippen LogP contribution in [-0.4, -0.2) is 41.0 Å². The smallest absolute Gasteiger partial charge is 0.269 e. The fraction of sp³-hybridized carbons (Fsp3) is 0.429. The number of benzene rings is 1. The van der Waals surface area contributed by atoms with Crippen molar-refractivity contribution in [2.75, 3.05) is 26.2 Å². The van der Waals surface area contributed by atoms with Crippen LogP contribution >= 0.6 is 0 Å². The van der Waals surface area contributed by atoms with E-state index in [1.165, 1.54) is 6.07 Å². The van der Waals surface area contributed by atoms with Crippen LogP contribution in [0.4, 0.5) is 4.39 Å². The van der Waals surface area contributed by atoms with E-state index in [1.807, 2.05) is 6.07 Å². The number of nitrogens with zero attached hydrogens (tertiary/aromatic N) is 2. The lowest BCUT2D eigenvalue weighted by atomic mass is 10.1. The molecular weight excluding hydrogens is 259 g/mol. The van der Waals surface area contributed by atoms with Gasteiger partial charge in [-0.05, 0) is 24.6 Å². The molecule has 1 aliphatic rings. The molecule has 106 valence electrons. The summed E-state index contributed by atoms with van der Waals surface area (Å²) in [6, 6.07) is 3.32. The van der Waals surface area contributed by atoms with Gasteiger partial charge in [0, 0.05) is 32.7 Å². The first kappa shape index (κ1) is 13.2. The van der Waals surface area contributed by atoms with Gasteiger partial charge in [0.25, 0.3) is 5.56 Å². The SMILES string of the molecule is Cc1nc2c(F)cc(CN3CCNCC3)cc2[nH]c1=O. The highest BCUT2D eigenvalue weighted by molar-refractivity contribution is 5.75. The standard InChI is InChI=1S/C14H17FN4O/c1-9-14(20)18-12-7-10(6-11(15)13(12)17-9)8-19-4-2-16-3-5-19/h6-7,16H,2-5,8H2,1H3,(H,18,20). The van der Waals surface area contributed by atoms with Gasteiger partial charge in [-0.1, -0.05) is 0 Å². The van der Waals surface area contributed by atoms with Gasteiger partial charge in [0.1, 0.15) is 11.2 Å². The van der Waals surface area contributed by atoms with Crippen molar-refractivity contribution in [1.82, 2.24) is 20.2 Å². The summed E-state index contributed by atoms with van der Waals surface area (Å²) in [6.45, 7) is 6.06. The van der Waals surface area contributed by atoms with Crippen molar-refractivity contribution in [3.63, 3.8) is 0 Å². The fourth-order valence-corrected chi connectivity index (χ4v) is 2.51. The first-order chi connectivity index (χ1) is 9.63. The van der Waals surface area contributed by atoms with Crippen LogP contribution in [0.5, 0.6) is 0 Å². The summed E-state index contributed by atoms with van der Waals surface area (Å²) in [7, 11) is 0. The lowest BCUT2D eigenvalue weighted by Gasteiger charge is -2.27. The van der Waals surface area contributed by atoms with E-state index in [0.717, 1.165) is 31.7 Å². The number of H-pyrrole nitrogens is 1. The molecule has 3 rings (SSSR count). The maximum absolute atomic E-state index is 14.1. The maximum atomic E-state index is 14.1. The minimum Gasteiger partial charge on any atom is -0.319 e. The number of nitrogens with one attached hydrogen (secondary N) is 2. The average molecular weight is 276 g/mol. The molecule has 1 fully saturated rings. The molecule has 2 N–H and O–H groups in total. The van der Waals surface area contributed by atoms with Gasteiger partial charge in [0.2, 0.25) is 0 Å². The van der Waals surface area contributed by atoms with Gasteiger partial charge in [-0.3, -0.25) is 9.69 Å². The van der Waals surface area contributed by atoms with Crippen molar-refractivity contribution >= 4 is 11.0 Å². The van der Waals surface area contributed by atoms with Crippen LogP contribution in [0, 0.1) is 12.7 Å². The van der Waals surface area contributed by atoms with Gasteiger partial charge < -0.3 is 10.3 Å². The Balaban J connectivity index is 1.96. The lowest BCUT2D eigenvalue weighted by Crippen LogP contribution is -2.42. The van der Waals surface area contributed by atoms with Crippen LogP contribution in [0.25, 0.3) is 11.0 Å². The van der Waals surface area contributed by atoms with Gasteiger partial charge >= 0.3 is 0 Å². The maximum Gasteiger partial charge on any atom is 0.269 e. The van der Waals surface area contributed by atoms with Gasteiger partial charge in [0.05, 0.1) is 5.52 Å². The molecule has 1 aromatic heterocycles. The number of hydrogen-bond acceptors (Lipinski definition) is 4. The number of halogens is 1. The van der Waals surface area contributed by atoms with E-state index < -0.39 is 0 Å². The Labute approximate surface area is 115 Å². The number of fused-ring (bicyclic) bond motifs is 1. The van der Waals surface area contributed by atoms with Crippen molar-refractivity contribution in [1.29, 1.82) is 0 Å². The molecular formula is C14H17FN4O. The van der Waals surface area contributed by atoms with E-state index in [1.54, 1.807) is 6.92 Å². The van der Waals surface area contributed by atoms with Crippen LogP contribution in [0.2, 0.25) is 0 Å². The molecule has 0 bridgehead atoms. The highest BCUT2D eigenvalue weighted by atomic mass is 19.1. The van der Waals surface area contributed by atoms with Crippen molar-refractivity contribution < 1.29 is 4.39 Å². The van der Waals surface area contributed by atoms with Crippen LogP contribution < -0.4 is 10.9 Å². The van der Waals surface area contributed by atoms with Crippen LogP contribution in [0.3, 0.4) is 0 Å². The minimum atomic E-state index is -0.382. The monoisotopic (exact) mass is 276 g/mol. The van der Waals surface area contributed by atoms with Crippen molar-refractivity contribution in [2.24, 2.45) is 0 Å². The third-order valence-corrected chi connectivity index (χ3v) is 3.60. The van der Waals surface area contributed by atoms with E-state index in [9.17, 15) is 9.18 Å². The zero-order chi connectivity index (χ0) is 14.1. The fourth-order valence-electron chi connectivity index (χ4n) is 2.51. The Bertz CT molecular complexity index is 691. The average Bonchev–Trinajstić information content (AvgIpc) is 2.42. The third kappa shape index (κ3) is 2.57. The van der Waals surface area contributed by atoms with Crippen LogP contribution in [0.1, 0.15) is 11.3 Å². The molecule has 0 spiro atoms. The van der Waals surface area contributed by atoms with Gasteiger partial charge in [-0.15, -0.1) is 0 Å². The molecule has 0 atom stereocenters. The molecule has 6 heteroatoms. The van der Waals surface area contributed by atoms with Crippen LogP contribution in [-0.2, 0) is 6.54 Å².